The lowest BCUT2D eigenvalue weighted by atomic mass is 9.86. The topological polar surface area (TPSA) is 3.24 Å². The Balaban J connectivity index is 2.31. The number of hydrogen-bond donors (Lipinski definition) is 0. The Bertz CT molecular complexity index is 176. The number of rotatable bonds is 4. The summed E-state index contributed by atoms with van der Waals surface area (Å²) in [5, 5.41) is 0. The Morgan fingerprint density at radius 3 is 2.36 bits per heavy atom. The van der Waals surface area contributed by atoms with E-state index in [1.165, 1.54) is 44.5 Å². The molecule has 0 aliphatic carbocycles. The van der Waals surface area contributed by atoms with Gasteiger partial charge in [-0.05, 0) is 31.1 Å². The van der Waals surface area contributed by atoms with Crippen LogP contribution in [-0.2, 0) is 0 Å². The molecular formula is C13H25N. The first-order valence-corrected chi connectivity index (χ1v) is 6.07. The minimum Gasteiger partial charge on any atom is -0.375 e. The maximum Gasteiger partial charge on any atom is 0.0177 e. The predicted octanol–water partition coefficient (Wildman–Crippen LogP) is 3.67. The van der Waals surface area contributed by atoms with E-state index in [9.17, 15) is 0 Å². The van der Waals surface area contributed by atoms with E-state index in [-0.39, 0.29) is 0 Å². The van der Waals surface area contributed by atoms with Crippen molar-refractivity contribution in [3.05, 3.63) is 12.3 Å². The minimum absolute atomic E-state index is 0.858. The molecule has 0 aromatic carbocycles. The third-order valence-corrected chi connectivity index (χ3v) is 3.47. The van der Waals surface area contributed by atoms with E-state index < -0.39 is 0 Å². The molecule has 1 aliphatic rings. The SMILES string of the molecule is C=C(CCC)N1CCC(C(C)C)CC1. The zero-order valence-electron chi connectivity index (χ0n) is 10.1. The van der Waals surface area contributed by atoms with E-state index in [0.717, 1.165) is 11.8 Å². The van der Waals surface area contributed by atoms with Crippen LogP contribution in [0.4, 0.5) is 0 Å². The Hall–Kier alpha value is -0.460. The smallest absolute Gasteiger partial charge is 0.0177 e. The highest BCUT2D eigenvalue weighted by atomic mass is 15.1. The van der Waals surface area contributed by atoms with Crippen LogP contribution in [0.25, 0.3) is 0 Å². The average Bonchev–Trinajstić information content (AvgIpc) is 2.18. The molecule has 1 heterocycles. The third kappa shape index (κ3) is 3.04. The second-order valence-electron chi connectivity index (χ2n) is 4.88. The number of hydrogen-bond acceptors (Lipinski definition) is 1. The molecule has 1 nitrogen and oxygen atoms in total. The molecule has 0 spiro atoms. The maximum atomic E-state index is 4.16. The average molecular weight is 195 g/mol. The van der Waals surface area contributed by atoms with Gasteiger partial charge in [-0.1, -0.05) is 33.8 Å². The summed E-state index contributed by atoms with van der Waals surface area (Å²) in [4.78, 5) is 2.49. The second kappa shape index (κ2) is 5.43. The molecule has 1 rings (SSSR count). The lowest BCUT2D eigenvalue weighted by Gasteiger charge is -2.36. The van der Waals surface area contributed by atoms with Crippen molar-refractivity contribution in [2.75, 3.05) is 13.1 Å². The first kappa shape index (κ1) is 11.6. The lowest BCUT2D eigenvalue weighted by Crippen LogP contribution is -2.34. The first-order valence-electron chi connectivity index (χ1n) is 6.07. The molecule has 82 valence electrons. The Labute approximate surface area is 89.2 Å². The molecule has 1 saturated heterocycles. The third-order valence-electron chi connectivity index (χ3n) is 3.47. The van der Waals surface area contributed by atoms with Gasteiger partial charge in [0.1, 0.15) is 0 Å². The Morgan fingerprint density at radius 2 is 1.93 bits per heavy atom. The van der Waals surface area contributed by atoms with Gasteiger partial charge in [0.05, 0.1) is 0 Å². The molecule has 1 heteroatoms. The van der Waals surface area contributed by atoms with E-state index >= 15 is 0 Å². The van der Waals surface area contributed by atoms with Crippen molar-refractivity contribution in [3.63, 3.8) is 0 Å². The highest BCUT2D eigenvalue weighted by Crippen LogP contribution is 2.26. The summed E-state index contributed by atoms with van der Waals surface area (Å²) in [7, 11) is 0. The predicted molar refractivity (Wildman–Crippen MR) is 63.2 cm³/mol. The molecule has 0 saturated carbocycles. The fourth-order valence-corrected chi connectivity index (χ4v) is 2.33. The van der Waals surface area contributed by atoms with Crippen LogP contribution in [0.15, 0.2) is 12.3 Å². The van der Waals surface area contributed by atoms with Crippen molar-refractivity contribution in [1.82, 2.24) is 4.90 Å². The van der Waals surface area contributed by atoms with E-state index in [1.807, 2.05) is 0 Å². The molecule has 0 unspecified atom stereocenters. The molecule has 1 fully saturated rings. The number of likely N-dealkylation sites (tertiary alicyclic amines) is 1. The van der Waals surface area contributed by atoms with Gasteiger partial charge in [0, 0.05) is 18.8 Å². The van der Waals surface area contributed by atoms with E-state index in [1.54, 1.807) is 0 Å². The lowest BCUT2D eigenvalue weighted by molar-refractivity contribution is 0.187. The van der Waals surface area contributed by atoms with Crippen molar-refractivity contribution in [1.29, 1.82) is 0 Å². The molecule has 0 bridgehead atoms. The molecule has 14 heavy (non-hydrogen) atoms. The van der Waals surface area contributed by atoms with Gasteiger partial charge in [0.25, 0.3) is 0 Å². The van der Waals surface area contributed by atoms with Crippen LogP contribution < -0.4 is 0 Å². The normalized spacial score (nSPS) is 19.0. The van der Waals surface area contributed by atoms with E-state index in [2.05, 4.69) is 32.3 Å². The summed E-state index contributed by atoms with van der Waals surface area (Å²) < 4.78 is 0. The molecular weight excluding hydrogens is 170 g/mol. The van der Waals surface area contributed by atoms with Crippen molar-refractivity contribution in [3.8, 4) is 0 Å². The van der Waals surface area contributed by atoms with Gasteiger partial charge in [0.2, 0.25) is 0 Å². The van der Waals surface area contributed by atoms with E-state index in [0.29, 0.717) is 0 Å². The van der Waals surface area contributed by atoms with Crippen LogP contribution in [0, 0.1) is 11.8 Å². The number of nitrogens with zero attached hydrogens (tertiary/aromatic N) is 1. The zero-order valence-corrected chi connectivity index (χ0v) is 10.1. The molecule has 0 radical (unpaired) electrons. The monoisotopic (exact) mass is 195 g/mol. The molecule has 0 N–H and O–H groups in total. The summed E-state index contributed by atoms with van der Waals surface area (Å²) in [5.74, 6) is 1.80. The minimum atomic E-state index is 0.858. The van der Waals surface area contributed by atoms with Crippen molar-refractivity contribution < 1.29 is 0 Å². The Morgan fingerprint density at radius 1 is 1.36 bits per heavy atom. The van der Waals surface area contributed by atoms with E-state index in [4.69, 9.17) is 0 Å². The van der Waals surface area contributed by atoms with Crippen LogP contribution in [0.2, 0.25) is 0 Å². The second-order valence-corrected chi connectivity index (χ2v) is 4.88. The van der Waals surface area contributed by atoms with Gasteiger partial charge in [0.15, 0.2) is 0 Å². The molecule has 0 amide bonds. The van der Waals surface area contributed by atoms with Gasteiger partial charge in [-0.2, -0.15) is 0 Å². The summed E-state index contributed by atoms with van der Waals surface area (Å²) in [6.07, 6.45) is 5.12. The van der Waals surface area contributed by atoms with Crippen molar-refractivity contribution in [2.24, 2.45) is 11.8 Å². The summed E-state index contributed by atoms with van der Waals surface area (Å²) in [5.41, 5.74) is 1.36. The zero-order chi connectivity index (χ0) is 10.6. The van der Waals surface area contributed by atoms with Gasteiger partial charge < -0.3 is 4.90 Å². The van der Waals surface area contributed by atoms with Crippen LogP contribution in [0.1, 0.15) is 46.5 Å². The van der Waals surface area contributed by atoms with Crippen molar-refractivity contribution in [2.45, 2.75) is 46.5 Å². The highest BCUT2D eigenvalue weighted by Gasteiger charge is 2.21. The maximum absolute atomic E-state index is 4.16. The number of allylic oxidation sites excluding steroid dienone is 1. The molecule has 0 aromatic rings. The molecule has 0 aromatic heterocycles. The fraction of sp³-hybridized carbons (Fsp3) is 0.846. The van der Waals surface area contributed by atoms with Gasteiger partial charge >= 0.3 is 0 Å². The summed E-state index contributed by atoms with van der Waals surface area (Å²) in [6.45, 7) is 13.6. The van der Waals surface area contributed by atoms with Gasteiger partial charge in [-0.15, -0.1) is 0 Å². The van der Waals surface area contributed by atoms with Gasteiger partial charge in [-0.25, -0.2) is 0 Å². The standard InChI is InChI=1S/C13H25N/c1-5-6-12(4)14-9-7-13(8-10-14)11(2)3/h11,13H,4-10H2,1-3H3. The molecule has 1 aliphatic heterocycles. The van der Waals surface area contributed by atoms with Crippen LogP contribution in [0.3, 0.4) is 0 Å². The highest BCUT2D eigenvalue weighted by molar-refractivity contribution is 4.95. The summed E-state index contributed by atoms with van der Waals surface area (Å²) >= 11 is 0. The van der Waals surface area contributed by atoms with Crippen LogP contribution in [-0.4, -0.2) is 18.0 Å². The Kier molecular flexibility index (Phi) is 4.50. The van der Waals surface area contributed by atoms with Crippen LogP contribution >= 0.6 is 0 Å². The largest absolute Gasteiger partial charge is 0.375 e. The molecule has 0 atom stereocenters. The van der Waals surface area contributed by atoms with Crippen LogP contribution in [0.5, 0.6) is 0 Å². The quantitative estimate of drug-likeness (QED) is 0.661. The van der Waals surface area contributed by atoms with Gasteiger partial charge in [-0.3, -0.25) is 0 Å². The number of piperidine rings is 1. The summed E-state index contributed by atoms with van der Waals surface area (Å²) in [6, 6.07) is 0. The fourth-order valence-electron chi connectivity index (χ4n) is 2.33. The van der Waals surface area contributed by atoms with Crippen molar-refractivity contribution >= 4 is 0 Å². The first-order chi connectivity index (χ1) is 6.65.